The molecular formula is C7H14O6. The van der Waals surface area contributed by atoms with Gasteiger partial charge in [-0.25, -0.2) is 0 Å². The van der Waals surface area contributed by atoms with E-state index in [1.807, 2.05) is 0 Å². The number of aliphatic hydroxyl groups excluding tert-OH is 4. The molecule has 6 nitrogen and oxygen atoms in total. The molecule has 5 atom stereocenters. The number of hydrogen-bond acceptors (Lipinski definition) is 6. The van der Waals surface area contributed by atoms with E-state index in [9.17, 15) is 20.4 Å². The molecule has 1 rings (SSSR count). The van der Waals surface area contributed by atoms with Gasteiger partial charge in [-0.1, -0.05) is 0 Å². The average Bonchev–Trinajstić information content (AvgIpc) is 2.08. The molecular weight excluding hydrogens is 180 g/mol. The molecule has 0 saturated carbocycles. The Morgan fingerprint density at radius 3 is 2.23 bits per heavy atom. The molecule has 5 N–H and O–H groups in total. The summed E-state index contributed by atoms with van der Waals surface area (Å²) < 4.78 is 4.76. The van der Waals surface area contributed by atoms with Crippen LogP contribution in [-0.4, -0.2) is 62.3 Å². The van der Waals surface area contributed by atoms with Crippen LogP contribution in [0.3, 0.4) is 0 Å². The highest BCUT2D eigenvalue weighted by molar-refractivity contribution is 4.93. The summed E-state index contributed by atoms with van der Waals surface area (Å²) in [6.45, 7) is 0.608. The lowest BCUT2D eigenvalue weighted by molar-refractivity contribution is -0.341. The van der Waals surface area contributed by atoms with Crippen LogP contribution in [0, 0.1) is 0 Å². The second kappa shape index (κ2) is 3.49. The Morgan fingerprint density at radius 1 is 1.23 bits per heavy atom. The first-order valence-corrected chi connectivity index (χ1v) is 3.95. The zero-order chi connectivity index (χ0) is 10.2. The van der Waals surface area contributed by atoms with Gasteiger partial charge in [0.05, 0.1) is 6.61 Å². The van der Waals surface area contributed by atoms with Gasteiger partial charge in [0.25, 0.3) is 0 Å². The molecule has 0 aliphatic carbocycles. The van der Waals surface area contributed by atoms with E-state index in [0.717, 1.165) is 6.92 Å². The molecule has 0 radical (unpaired) electrons. The quantitative estimate of drug-likeness (QED) is 0.308. The zero-order valence-electron chi connectivity index (χ0n) is 7.16. The van der Waals surface area contributed by atoms with E-state index in [1.54, 1.807) is 0 Å². The number of aliphatic hydroxyl groups is 5. The highest BCUT2D eigenvalue weighted by atomic mass is 16.7. The molecule has 0 amide bonds. The minimum atomic E-state index is -1.95. The van der Waals surface area contributed by atoms with E-state index in [2.05, 4.69) is 0 Å². The molecule has 0 bridgehead atoms. The van der Waals surface area contributed by atoms with Gasteiger partial charge in [-0.3, -0.25) is 0 Å². The predicted octanol–water partition coefficient (Wildman–Crippen LogP) is -2.83. The monoisotopic (exact) mass is 194 g/mol. The fourth-order valence-corrected chi connectivity index (χ4v) is 1.31. The molecule has 0 aromatic rings. The second-order valence-corrected chi connectivity index (χ2v) is 3.32. The normalized spacial score (nSPS) is 52.2. The van der Waals surface area contributed by atoms with Crippen LogP contribution < -0.4 is 0 Å². The maximum atomic E-state index is 9.38. The molecule has 0 aromatic heterocycles. The summed E-state index contributed by atoms with van der Waals surface area (Å²) in [5.74, 6) is -1.95. The Morgan fingerprint density at radius 2 is 1.77 bits per heavy atom. The van der Waals surface area contributed by atoms with E-state index < -0.39 is 36.8 Å². The summed E-state index contributed by atoms with van der Waals surface area (Å²) in [5, 5.41) is 45.8. The third-order valence-corrected chi connectivity index (χ3v) is 2.17. The topological polar surface area (TPSA) is 110 Å². The van der Waals surface area contributed by atoms with E-state index in [0.29, 0.717) is 0 Å². The van der Waals surface area contributed by atoms with Crippen molar-refractivity contribution in [1.29, 1.82) is 0 Å². The van der Waals surface area contributed by atoms with E-state index in [1.165, 1.54) is 0 Å². The summed E-state index contributed by atoms with van der Waals surface area (Å²) in [6.07, 6.45) is -5.61. The largest absolute Gasteiger partial charge is 0.394 e. The van der Waals surface area contributed by atoms with Gasteiger partial charge in [-0.15, -0.1) is 0 Å². The van der Waals surface area contributed by atoms with Gasteiger partial charge in [0.2, 0.25) is 0 Å². The van der Waals surface area contributed by atoms with Crippen LogP contribution in [0.15, 0.2) is 0 Å². The summed E-state index contributed by atoms with van der Waals surface area (Å²) in [4.78, 5) is 0. The highest BCUT2D eigenvalue weighted by Crippen LogP contribution is 2.27. The van der Waals surface area contributed by atoms with Crippen molar-refractivity contribution in [3.8, 4) is 0 Å². The molecule has 1 aliphatic heterocycles. The third-order valence-electron chi connectivity index (χ3n) is 2.17. The van der Waals surface area contributed by atoms with Crippen LogP contribution >= 0.6 is 0 Å². The minimum Gasteiger partial charge on any atom is -0.394 e. The molecule has 1 fully saturated rings. The number of hydrogen-bond donors (Lipinski definition) is 5. The lowest BCUT2D eigenvalue weighted by atomic mass is 9.94. The van der Waals surface area contributed by atoms with Gasteiger partial charge < -0.3 is 30.3 Å². The standard InChI is InChI=1S/C7H14O6/c1-7(12)6(11)5(10)4(9)3(2-8)13-7/h3-6,8-12H,2H2,1H3/t3?,4-,5?,6?,7?/m0/s1. The minimum absolute atomic E-state index is 0.541. The van der Waals surface area contributed by atoms with Gasteiger partial charge in [0.15, 0.2) is 5.79 Å². The zero-order valence-corrected chi connectivity index (χ0v) is 7.16. The maximum absolute atomic E-state index is 9.38. The third kappa shape index (κ3) is 1.83. The lowest BCUT2D eigenvalue weighted by Gasteiger charge is -2.43. The van der Waals surface area contributed by atoms with Crippen molar-refractivity contribution in [3.05, 3.63) is 0 Å². The Kier molecular flexibility index (Phi) is 2.91. The van der Waals surface area contributed by atoms with Gasteiger partial charge >= 0.3 is 0 Å². The molecule has 1 saturated heterocycles. The lowest BCUT2D eigenvalue weighted by Crippen LogP contribution is -2.63. The highest BCUT2D eigenvalue weighted by Gasteiger charge is 2.49. The van der Waals surface area contributed by atoms with E-state index in [-0.39, 0.29) is 0 Å². The number of ether oxygens (including phenoxy) is 1. The van der Waals surface area contributed by atoms with Crippen LogP contribution in [0.2, 0.25) is 0 Å². The van der Waals surface area contributed by atoms with Crippen molar-refractivity contribution in [2.45, 2.75) is 37.1 Å². The molecule has 78 valence electrons. The Balaban J connectivity index is 2.79. The predicted molar refractivity (Wildman–Crippen MR) is 40.6 cm³/mol. The summed E-state index contributed by atoms with van der Waals surface area (Å²) in [6, 6.07) is 0. The molecule has 1 heterocycles. The Hall–Kier alpha value is -0.240. The SMILES string of the molecule is CC1(O)OC(CO)[C@H](O)C(O)C1O. The fourth-order valence-electron chi connectivity index (χ4n) is 1.31. The number of rotatable bonds is 1. The second-order valence-electron chi connectivity index (χ2n) is 3.32. The van der Waals surface area contributed by atoms with E-state index >= 15 is 0 Å². The Labute approximate surface area is 75.0 Å². The van der Waals surface area contributed by atoms with Crippen molar-refractivity contribution in [3.63, 3.8) is 0 Å². The van der Waals surface area contributed by atoms with Crippen molar-refractivity contribution in [2.24, 2.45) is 0 Å². The van der Waals surface area contributed by atoms with E-state index in [4.69, 9.17) is 9.84 Å². The van der Waals surface area contributed by atoms with Crippen LogP contribution in [-0.2, 0) is 4.74 Å². The van der Waals surface area contributed by atoms with Gasteiger partial charge in [0, 0.05) is 0 Å². The smallest absolute Gasteiger partial charge is 0.192 e. The van der Waals surface area contributed by atoms with Crippen LogP contribution in [0.5, 0.6) is 0 Å². The molecule has 0 spiro atoms. The van der Waals surface area contributed by atoms with Crippen LogP contribution in [0.25, 0.3) is 0 Å². The van der Waals surface area contributed by atoms with Gasteiger partial charge in [0.1, 0.15) is 24.4 Å². The first kappa shape index (κ1) is 10.8. The summed E-state index contributed by atoms with van der Waals surface area (Å²) in [5.41, 5.74) is 0. The van der Waals surface area contributed by atoms with Crippen molar-refractivity contribution < 1.29 is 30.3 Å². The van der Waals surface area contributed by atoms with Crippen molar-refractivity contribution >= 4 is 0 Å². The van der Waals surface area contributed by atoms with Crippen molar-refractivity contribution in [2.75, 3.05) is 6.61 Å². The molecule has 0 aromatic carbocycles. The molecule has 13 heavy (non-hydrogen) atoms. The van der Waals surface area contributed by atoms with Crippen LogP contribution in [0.1, 0.15) is 6.92 Å². The van der Waals surface area contributed by atoms with Gasteiger partial charge in [-0.05, 0) is 6.92 Å². The first-order chi connectivity index (χ1) is 5.90. The van der Waals surface area contributed by atoms with Gasteiger partial charge in [-0.2, -0.15) is 0 Å². The fraction of sp³-hybridized carbons (Fsp3) is 1.00. The molecule has 1 aliphatic rings. The van der Waals surface area contributed by atoms with Crippen LogP contribution in [0.4, 0.5) is 0 Å². The molecule has 4 unspecified atom stereocenters. The average molecular weight is 194 g/mol. The summed E-state index contributed by atoms with van der Waals surface area (Å²) in [7, 11) is 0. The molecule has 6 heteroatoms. The van der Waals surface area contributed by atoms with Crippen molar-refractivity contribution in [1.82, 2.24) is 0 Å². The maximum Gasteiger partial charge on any atom is 0.192 e. The Bertz CT molecular complexity index is 180. The summed E-state index contributed by atoms with van der Waals surface area (Å²) >= 11 is 0. The first-order valence-electron chi connectivity index (χ1n) is 3.95.